The smallest absolute Gasteiger partial charge is 0.293 e. The minimum Gasteiger partial charge on any atom is -0.393 e. The summed E-state index contributed by atoms with van der Waals surface area (Å²) in [6.07, 6.45) is 3.29. The number of nitrogens with one attached hydrogen (secondary N) is 1. The van der Waals surface area contributed by atoms with Crippen molar-refractivity contribution < 1.29 is 9.90 Å². The van der Waals surface area contributed by atoms with E-state index in [0.29, 0.717) is 31.8 Å². The van der Waals surface area contributed by atoms with Crippen molar-refractivity contribution in [3.8, 4) is 0 Å². The molecule has 1 aliphatic heterocycles. The van der Waals surface area contributed by atoms with Crippen molar-refractivity contribution in [3.05, 3.63) is 11.6 Å². The second kappa shape index (κ2) is 4.10. The predicted molar refractivity (Wildman–Crippen MR) is 59.5 cm³/mol. The van der Waals surface area contributed by atoms with E-state index < -0.39 is 0 Å². The van der Waals surface area contributed by atoms with Gasteiger partial charge in [-0.3, -0.25) is 9.89 Å². The molecule has 2 aliphatic rings. The average Bonchev–Trinajstić information content (AvgIpc) is 3.07. The maximum absolute atomic E-state index is 12.1. The number of piperidine rings is 1. The van der Waals surface area contributed by atoms with E-state index in [1.807, 2.05) is 0 Å². The fourth-order valence-corrected chi connectivity index (χ4v) is 2.12. The van der Waals surface area contributed by atoms with Crippen LogP contribution in [0.5, 0.6) is 0 Å². The third-order valence-electron chi connectivity index (χ3n) is 3.41. The zero-order chi connectivity index (χ0) is 11.8. The highest BCUT2D eigenvalue weighted by molar-refractivity contribution is 5.90. The molecule has 2 N–H and O–H groups in total. The van der Waals surface area contributed by atoms with Crippen molar-refractivity contribution in [2.24, 2.45) is 0 Å². The Morgan fingerprint density at radius 2 is 2.00 bits per heavy atom. The third-order valence-corrected chi connectivity index (χ3v) is 3.41. The van der Waals surface area contributed by atoms with E-state index >= 15 is 0 Å². The molecule has 1 saturated carbocycles. The number of aromatic amines is 1. The predicted octanol–water partition coefficient (Wildman–Crippen LogP) is 0.279. The summed E-state index contributed by atoms with van der Waals surface area (Å²) in [6, 6.07) is 0. The minimum atomic E-state index is -0.270. The zero-order valence-electron chi connectivity index (χ0n) is 9.59. The molecule has 1 saturated heterocycles. The van der Waals surface area contributed by atoms with Crippen molar-refractivity contribution in [3.63, 3.8) is 0 Å². The molecule has 6 nitrogen and oxygen atoms in total. The van der Waals surface area contributed by atoms with E-state index in [-0.39, 0.29) is 17.8 Å². The molecule has 1 aliphatic carbocycles. The van der Waals surface area contributed by atoms with E-state index in [2.05, 4.69) is 15.2 Å². The number of nitrogens with zero attached hydrogens (tertiary/aromatic N) is 3. The molecule has 0 atom stereocenters. The van der Waals surface area contributed by atoms with E-state index in [0.717, 1.165) is 18.7 Å². The standard InChI is InChI=1S/C11H16N4O2/c16-8-3-5-15(6-4-8)11(17)10-12-9(13-14-10)7-1-2-7/h7-8,16H,1-6H2,(H,12,13,14). The van der Waals surface area contributed by atoms with Crippen LogP contribution in [0.15, 0.2) is 0 Å². The lowest BCUT2D eigenvalue weighted by atomic mass is 10.1. The molecule has 0 bridgehead atoms. The molecule has 0 spiro atoms. The molecular formula is C11H16N4O2. The Morgan fingerprint density at radius 3 is 2.65 bits per heavy atom. The van der Waals surface area contributed by atoms with Gasteiger partial charge in [-0.05, 0) is 25.7 Å². The SMILES string of the molecule is O=C(c1n[nH]c(C2CC2)n1)N1CCC(O)CC1. The third kappa shape index (κ3) is 2.17. The van der Waals surface area contributed by atoms with Gasteiger partial charge in [0.15, 0.2) is 0 Å². The maximum Gasteiger partial charge on any atom is 0.293 e. The summed E-state index contributed by atoms with van der Waals surface area (Å²) >= 11 is 0. The average molecular weight is 236 g/mol. The number of hydrogen-bond donors (Lipinski definition) is 2. The Morgan fingerprint density at radius 1 is 1.29 bits per heavy atom. The van der Waals surface area contributed by atoms with Crippen LogP contribution in [0.3, 0.4) is 0 Å². The summed E-state index contributed by atoms with van der Waals surface area (Å²) in [5.74, 6) is 1.46. The first-order chi connectivity index (χ1) is 8.24. The molecule has 1 aromatic heterocycles. The zero-order valence-corrected chi connectivity index (χ0v) is 9.59. The van der Waals surface area contributed by atoms with Crippen LogP contribution < -0.4 is 0 Å². The highest BCUT2D eigenvalue weighted by Crippen LogP contribution is 2.37. The summed E-state index contributed by atoms with van der Waals surface area (Å²) in [5, 5.41) is 16.2. The van der Waals surface area contributed by atoms with Crippen molar-refractivity contribution >= 4 is 5.91 Å². The summed E-state index contributed by atoms with van der Waals surface area (Å²) in [5.41, 5.74) is 0. The monoisotopic (exact) mass is 236 g/mol. The molecule has 6 heteroatoms. The van der Waals surface area contributed by atoms with Crippen LogP contribution in [0.2, 0.25) is 0 Å². The van der Waals surface area contributed by atoms with Crippen LogP contribution in [-0.4, -0.2) is 50.3 Å². The first kappa shape index (κ1) is 10.7. The molecular weight excluding hydrogens is 220 g/mol. The van der Waals surface area contributed by atoms with Gasteiger partial charge in [0.1, 0.15) is 5.82 Å². The van der Waals surface area contributed by atoms with Gasteiger partial charge in [-0.25, -0.2) is 4.98 Å². The van der Waals surface area contributed by atoms with E-state index in [9.17, 15) is 9.90 Å². The quantitative estimate of drug-likeness (QED) is 0.772. The topological polar surface area (TPSA) is 82.1 Å². The van der Waals surface area contributed by atoms with Crippen LogP contribution in [0, 0.1) is 0 Å². The fourth-order valence-electron chi connectivity index (χ4n) is 2.12. The first-order valence-corrected chi connectivity index (χ1v) is 6.13. The van der Waals surface area contributed by atoms with Crippen molar-refractivity contribution in [2.45, 2.75) is 37.7 Å². The van der Waals surface area contributed by atoms with Crippen molar-refractivity contribution in [2.75, 3.05) is 13.1 Å². The van der Waals surface area contributed by atoms with Gasteiger partial charge in [0.2, 0.25) is 5.82 Å². The first-order valence-electron chi connectivity index (χ1n) is 6.13. The lowest BCUT2D eigenvalue weighted by Gasteiger charge is -2.28. The fraction of sp³-hybridized carbons (Fsp3) is 0.727. The number of aliphatic hydroxyl groups excluding tert-OH is 1. The number of H-pyrrole nitrogens is 1. The van der Waals surface area contributed by atoms with Gasteiger partial charge in [-0.15, -0.1) is 5.10 Å². The number of carbonyl (C=O) groups excluding carboxylic acids is 1. The number of hydrogen-bond acceptors (Lipinski definition) is 4. The Labute approximate surface area is 99.0 Å². The van der Waals surface area contributed by atoms with Gasteiger partial charge in [-0.1, -0.05) is 0 Å². The van der Waals surface area contributed by atoms with Crippen LogP contribution in [0.4, 0.5) is 0 Å². The van der Waals surface area contributed by atoms with Gasteiger partial charge in [0.05, 0.1) is 6.10 Å². The van der Waals surface area contributed by atoms with Gasteiger partial charge >= 0.3 is 0 Å². The van der Waals surface area contributed by atoms with Crippen molar-refractivity contribution in [1.29, 1.82) is 0 Å². The largest absolute Gasteiger partial charge is 0.393 e. The molecule has 0 radical (unpaired) electrons. The van der Waals surface area contributed by atoms with Crippen LogP contribution >= 0.6 is 0 Å². The molecule has 2 fully saturated rings. The van der Waals surface area contributed by atoms with Crippen LogP contribution in [0.1, 0.15) is 48.0 Å². The lowest BCUT2D eigenvalue weighted by Crippen LogP contribution is -2.40. The molecule has 3 rings (SSSR count). The van der Waals surface area contributed by atoms with Crippen LogP contribution in [-0.2, 0) is 0 Å². The minimum absolute atomic E-state index is 0.125. The molecule has 92 valence electrons. The Bertz CT molecular complexity index is 419. The van der Waals surface area contributed by atoms with Gasteiger partial charge in [0, 0.05) is 19.0 Å². The number of aromatic nitrogens is 3. The summed E-state index contributed by atoms with van der Waals surface area (Å²) in [7, 11) is 0. The Balaban J connectivity index is 1.67. The molecule has 17 heavy (non-hydrogen) atoms. The van der Waals surface area contributed by atoms with E-state index in [1.54, 1.807) is 4.90 Å². The lowest BCUT2D eigenvalue weighted by molar-refractivity contribution is 0.0536. The maximum atomic E-state index is 12.1. The van der Waals surface area contributed by atoms with Gasteiger partial charge in [-0.2, -0.15) is 0 Å². The summed E-state index contributed by atoms with van der Waals surface area (Å²) in [6.45, 7) is 1.18. The van der Waals surface area contributed by atoms with Crippen molar-refractivity contribution in [1.82, 2.24) is 20.1 Å². The highest BCUT2D eigenvalue weighted by Gasteiger charge is 2.30. The Kier molecular flexibility index (Phi) is 2.58. The summed E-state index contributed by atoms with van der Waals surface area (Å²) in [4.78, 5) is 18.0. The van der Waals surface area contributed by atoms with Gasteiger partial charge < -0.3 is 10.0 Å². The number of amides is 1. The van der Waals surface area contributed by atoms with Gasteiger partial charge in [0.25, 0.3) is 5.91 Å². The molecule has 1 aromatic rings. The van der Waals surface area contributed by atoms with E-state index in [1.165, 1.54) is 0 Å². The molecule has 1 amide bonds. The highest BCUT2D eigenvalue weighted by atomic mass is 16.3. The number of aliphatic hydroxyl groups is 1. The summed E-state index contributed by atoms with van der Waals surface area (Å²) < 4.78 is 0. The number of rotatable bonds is 2. The molecule has 2 heterocycles. The van der Waals surface area contributed by atoms with Crippen LogP contribution in [0.25, 0.3) is 0 Å². The normalized spacial score (nSPS) is 21.8. The number of likely N-dealkylation sites (tertiary alicyclic amines) is 1. The second-order valence-corrected chi connectivity index (χ2v) is 4.84. The van der Waals surface area contributed by atoms with E-state index in [4.69, 9.17) is 0 Å². The Hall–Kier alpha value is -1.43. The molecule has 0 unspecified atom stereocenters. The number of carbonyl (C=O) groups is 1. The molecule has 0 aromatic carbocycles. The second-order valence-electron chi connectivity index (χ2n) is 4.84.